The summed E-state index contributed by atoms with van der Waals surface area (Å²) in [6.45, 7) is 3.89. The van der Waals surface area contributed by atoms with Gasteiger partial charge in [0.2, 0.25) is 0 Å². The molecule has 0 saturated heterocycles. The molecule has 4 nitrogen and oxygen atoms in total. The van der Waals surface area contributed by atoms with E-state index >= 15 is 0 Å². The van der Waals surface area contributed by atoms with Crippen molar-refractivity contribution < 1.29 is 8.42 Å². The third kappa shape index (κ3) is 1.85. The van der Waals surface area contributed by atoms with E-state index in [0.717, 1.165) is 6.26 Å². The molecule has 0 N–H and O–H groups in total. The van der Waals surface area contributed by atoms with Crippen molar-refractivity contribution in [2.45, 2.75) is 24.9 Å². The lowest BCUT2D eigenvalue weighted by Gasteiger charge is -2.02. The summed E-state index contributed by atoms with van der Waals surface area (Å²) in [5.74, 6) is 0. The van der Waals surface area contributed by atoms with Crippen molar-refractivity contribution in [3.05, 3.63) is 12.3 Å². The van der Waals surface area contributed by atoms with Gasteiger partial charge in [0.1, 0.15) is 0 Å². The van der Waals surface area contributed by atoms with Crippen molar-refractivity contribution in [1.82, 2.24) is 9.78 Å². The number of sulfone groups is 1. The van der Waals surface area contributed by atoms with Crippen LogP contribution in [0.2, 0.25) is 0 Å². The summed E-state index contributed by atoms with van der Waals surface area (Å²) in [4.78, 5) is 0. The molecule has 0 amide bonds. The normalized spacial score (nSPS) is 12.3. The maximum Gasteiger partial charge on any atom is 0.194 e. The van der Waals surface area contributed by atoms with E-state index in [0.29, 0.717) is 0 Å². The van der Waals surface area contributed by atoms with Crippen LogP contribution in [0.3, 0.4) is 0 Å². The zero-order chi connectivity index (χ0) is 9.35. The molecule has 1 aromatic rings. The van der Waals surface area contributed by atoms with E-state index < -0.39 is 9.84 Å². The Hall–Kier alpha value is -0.840. The Morgan fingerprint density at radius 3 is 2.33 bits per heavy atom. The minimum absolute atomic E-state index is 0.135. The predicted octanol–water partition coefficient (Wildman–Crippen LogP) is 0.867. The van der Waals surface area contributed by atoms with Gasteiger partial charge in [-0.3, -0.25) is 4.68 Å². The molecular formula is C7H12N2O2S. The Morgan fingerprint density at radius 2 is 2.08 bits per heavy atom. The number of nitrogens with zero attached hydrogens (tertiary/aromatic N) is 2. The lowest BCUT2D eigenvalue weighted by atomic mass is 10.4. The molecule has 0 unspecified atom stereocenters. The van der Waals surface area contributed by atoms with Gasteiger partial charge in [-0.05, 0) is 19.9 Å². The second-order valence-corrected chi connectivity index (χ2v) is 4.96. The molecule has 0 atom stereocenters. The van der Waals surface area contributed by atoms with Gasteiger partial charge in [-0.2, -0.15) is 5.10 Å². The van der Waals surface area contributed by atoms with Crippen LogP contribution in [0.4, 0.5) is 0 Å². The standard InChI is InChI=1S/C7H12N2O2S/c1-6(2)9-5-4-7(8-9)12(3,10)11/h4-6H,1-3H3. The number of hydrogen-bond acceptors (Lipinski definition) is 3. The monoisotopic (exact) mass is 188 g/mol. The average molecular weight is 188 g/mol. The molecule has 12 heavy (non-hydrogen) atoms. The van der Waals surface area contributed by atoms with E-state index in [1.165, 1.54) is 6.07 Å². The molecular weight excluding hydrogens is 176 g/mol. The van der Waals surface area contributed by atoms with Gasteiger partial charge in [-0.25, -0.2) is 8.42 Å². The van der Waals surface area contributed by atoms with Crippen molar-refractivity contribution >= 4 is 9.84 Å². The van der Waals surface area contributed by atoms with Gasteiger partial charge in [0.05, 0.1) is 0 Å². The van der Waals surface area contributed by atoms with Crippen LogP contribution in [-0.4, -0.2) is 24.5 Å². The fraction of sp³-hybridized carbons (Fsp3) is 0.571. The molecule has 1 heterocycles. The first kappa shape index (κ1) is 9.25. The second-order valence-electron chi connectivity index (χ2n) is 3.00. The van der Waals surface area contributed by atoms with Gasteiger partial charge < -0.3 is 0 Å². The van der Waals surface area contributed by atoms with E-state index in [-0.39, 0.29) is 11.1 Å². The Morgan fingerprint density at radius 1 is 1.50 bits per heavy atom. The average Bonchev–Trinajstić information content (AvgIpc) is 2.30. The van der Waals surface area contributed by atoms with Gasteiger partial charge in [0.15, 0.2) is 14.9 Å². The number of rotatable bonds is 2. The quantitative estimate of drug-likeness (QED) is 0.692. The number of aromatic nitrogens is 2. The van der Waals surface area contributed by atoms with Crippen LogP contribution in [0.25, 0.3) is 0 Å². The highest BCUT2D eigenvalue weighted by Crippen LogP contribution is 2.08. The fourth-order valence-electron chi connectivity index (χ4n) is 0.806. The molecule has 0 spiro atoms. The van der Waals surface area contributed by atoms with E-state index in [1.807, 2.05) is 13.8 Å². The highest BCUT2D eigenvalue weighted by atomic mass is 32.2. The van der Waals surface area contributed by atoms with Crippen molar-refractivity contribution in [1.29, 1.82) is 0 Å². The van der Waals surface area contributed by atoms with E-state index in [1.54, 1.807) is 10.9 Å². The third-order valence-electron chi connectivity index (χ3n) is 1.49. The lowest BCUT2D eigenvalue weighted by molar-refractivity contribution is 0.516. The van der Waals surface area contributed by atoms with Crippen molar-refractivity contribution in [3.8, 4) is 0 Å². The van der Waals surface area contributed by atoms with Gasteiger partial charge in [0.25, 0.3) is 0 Å². The molecule has 68 valence electrons. The Labute approximate surface area is 72.1 Å². The van der Waals surface area contributed by atoms with E-state index in [4.69, 9.17) is 0 Å². The number of hydrogen-bond donors (Lipinski definition) is 0. The molecule has 0 aliphatic heterocycles. The van der Waals surface area contributed by atoms with Crippen LogP contribution < -0.4 is 0 Å². The molecule has 0 bridgehead atoms. The van der Waals surface area contributed by atoms with E-state index in [2.05, 4.69) is 5.10 Å². The van der Waals surface area contributed by atoms with Crippen LogP contribution >= 0.6 is 0 Å². The molecule has 0 radical (unpaired) electrons. The Kier molecular flexibility index (Phi) is 2.23. The second kappa shape index (κ2) is 2.90. The molecule has 0 fully saturated rings. The summed E-state index contributed by atoms with van der Waals surface area (Å²) < 4.78 is 23.6. The summed E-state index contributed by atoms with van der Waals surface area (Å²) in [5.41, 5.74) is 0. The van der Waals surface area contributed by atoms with Gasteiger partial charge in [0, 0.05) is 18.5 Å². The van der Waals surface area contributed by atoms with Crippen molar-refractivity contribution in [2.24, 2.45) is 0 Å². The lowest BCUT2D eigenvalue weighted by Crippen LogP contribution is -2.04. The van der Waals surface area contributed by atoms with Gasteiger partial charge >= 0.3 is 0 Å². The summed E-state index contributed by atoms with van der Waals surface area (Å²) in [7, 11) is -3.15. The minimum Gasteiger partial charge on any atom is -0.269 e. The fourth-order valence-corrected chi connectivity index (χ4v) is 1.36. The molecule has 5 heteroatoms. The van der Waals surface area contributed by atoms with Crippen molar-refractivity contribution in [2.75, 3.05) is 6.26 Å². The molecule has 0 aliphatic rings. The minimum atomic E-state index is -3.15. The van der Waals surface area contributed by atoms with Gasteiger partial charge in [-0.15, -0.1) is 0 Å². The highest BCUT2D eigenvalue weighted by Gasteiger charge is 2.11. The zero-order valence-electron chi connectivity index (χ0n) is 7.35. The first-order valence-electron chi connectivity index (χ1n) is 3.66. The molecule has 0 aliphatic carbocycles. The molecule has 1 rings (SSSR count). The summed E-state index contributed by atoms with van der Waals surface area (Å²) in [6, 6.07) is 1.70. The first-order valence-corrected chi connectivity index (χ1v) is 5.55. The summed E-state index contributed by atoms with van der Waals surface area (Å²) in [6.07, 6.45) is 2.82. The van der Waals surface area contributed by atoms with Crippen LogP contribution in [0.5, 0.6) is 0 Å². The Balaban J connectivity index is 3.09. The van der Waals surface area contributed by atoms with Crippen molar-refractivity contribution in [3.63, 3.8) is 0 Å². The largest absolute Gasteiger partial charge is 0.269 e. The summed E-state index contributed by atoms with van der Waals surface area (Å²) >= 11 is 0. The highest BCUT2D eigenvalue weighted by molar-refractivity contribution is 7.90. The SMILES string of the molecule is CC(C)n1ccc(S(C)(=O)=O)n1. The van der Waals surface area contributed by atoms with Crippen LogP contribution in [0.1, 0.15) is 19.9 Å². The van der Waals surface area contributed by atoms with Gasteiger partial charge in [-0.1, -0.05) is 0 Å². The first-order chi connectivity index (χ1) is 5.41. The third-order valence-corrected chi connectivity index (χ3v) is 2.47. The molecule has 1 aromatic heterocycles. The van der Waals surface area contributed by atoms with Crippen LogP contribution in [-0.2, 0) is 9.84 Å². The predicted molar refractivity (Wildman–Crippen MR) is 45.7 cm³/mol. The maximum atomic E-state index is 11.0. The topological polar surface area (TPSA) is 52.0 Å². The molecule has 0 saturated carbocycles. The van der Waals surface area contributed by atoms with Crippen LogP contribution in [0.15, 0.2) is 17.3 Å². The smallest absolute Gasteiger partial charge is 0.194 e. The zero-order valence-corrected chi connectivity index (χ0v) is 8.17. The van der Waals surface area contributed by atoms with E-state index in [9.17, 15) is 8.42 Å². The van der Waals surface area contributed by atoms with Crippen LogP contribution in [0, 0.1) is 0 Å². The molecule has 0 aromatic carbocycles. The Bertz CT molecular complexity index is 365. The maximum absolute atomic E-state index is 11.0. The summed E-state index contributed by atoms with van der Waals surface area (Å²) in [5, 5.41) is 4.05.